The van der Waals surface area contributed by atoms with Crippen molar-refractivity contribution in [2.24, 2.45) is 11.8 Å². The highest BCUT2D eigenvalue weighted by Crippen LogP contribution is 2.41. The maximum absolute atomic E-state index is 12.4. The molecule has 1 aromatic carbocycles. The molecule has 1 amide bonds. The molecule has 0 radical (unpaired) electrons. The molecule has 2 aliphatic rings. The predicted octanol–water partition coefficient (Wildman–Crippen LogP) is 2.99. The molecule has 1 aliphatic heterocycles. The maximum Gasteiger partial charge on any atom is 0.410 e. The van der Waals surface area contributed by atoms with Crippen LogP contribution in [0.15, 0.2) is 30.3 Å². The zero-order valence-corrected chi connectivity index (χ0v) is 14.3. The summed E-state index contributed by atoms with van der Waals surface area (Å²) in [5, 5.41) is 0. The third kappa shape index (κ3) is 3.98. The zero-order valence-electron chi connectivity index (χ0n) is 12.7. The minimum absolute atomic E-state index is 0.0631. The van der Waals surface area contributed by atoms with Gasteiger partial charge < -0.3 is 9.64 Å². The van der Waals surface area contributed by atoms with E-state index in [0.29, 0.717) is 6.54 Å². The van der Waals surface area contributed by atoms with Crippen LogP contribution in [-0.2, 0) is 20.4 Å². The molecule has 0 N–H and O–H groups in total. The van der Waals surface area contributed by atoms with Gasteiger partial charge in [-0.3, -0.25) is 0 Å². The molecule has 5 nitrogen and oxygen atoms in total. The van der Waals surface area contributed by atoms with Crippen LogP contribution in [0.4, 0.5) is 4.79 Å². The van der Waals surface area contributed by atoms with E-state index in [-0.39, 0.29) is 36.3 Å². The van der Waals surface area contributed by atoms with Crippen LogP contribution in [0.1, 0.15) is 24.8 Å². The Bertz CT molecular complexity index is 664. The second kappa shape index (κ2) is 6.69. The second-order valence-electron chi connectivity index (χ2n) is 6.32. The summed E-state index contributed by atoms with van der Waals surface area (Å²) < 4.78 is 28.3. The highest BCUT2D eigenvalue weighted by Gasteiger charge is 2.47. The van der Waals surface area contributed by atoms with Gasteiger partial charge >= 0.3 is 6.09 Å². The SMILES string of the molecule is O=C(OCc1ccccc1)N1CC2CCCC1C2CS(=O)(=O)Cl. The van der Waals surface area contributed by atoms with Crippen LogP contribution < -0.4 is 0 Å². The summed E-state index contributed by atoms with van der Waals surface area (Å²) in [6, 6.07) is 9.43. The Hall–Kier alpha value is -1.27. The number of rotatable bonds is 4. The first-order chi connectivity index (χ1) is 10.9. The van der Waals surface area contributed by atoms with E-state index in [1.54, 1.807) is 4.90 Å². The minimum atomic E-state index is -3.56. The van der Waals surface area contributed by atoms with Gasteiger partial charge in [-0.15, -0.1) is 0 Å². The number of amides is 1. The number of carbonyl (C=O) groups is 1. The summed E-state index contributed by atoms with van der Waals surface area (Å²) in [6.07, 6.45) is 2.40. The van der Waals surface area contributed by atoms with Gasteiger partial charge in [0.25, 0.3) is 0 Å². The lowest BCUT2D eigenvalue weighted by atomic mass is 9.81. The molecular weight excluding hydrogens is 338 g/mol. The summed E-state index contributed by atoms with van der Waals surface area (Å²) in [4.78, 5) is 14.1. The monoisotopic (exact) mass is 357 g/mol. The number of hydrogen-bond donors (Lipinski definition) is 0. The van der Waals surface area contributed by atoms with E-state index in [9.17, 15) is 13.2 Å². The van der Waals surface area contributed by atoms with E-state index >= 15 is 0 Å². The molecule has 3 atom stereocenters. The van der Waals surface area contributed by atoms with E-state index in [4.69, 9.17) is 15.4 Å². The Balaban J connectivity index is 1.65. The van der Waals surface area contributed by atoms with Crippen LogP contribution in [0.3, 0.4) is 0 Å². The summed E-state index contributed by atoms with van der Waals surface area (Å²) in [7, 11) is 1.87. The van der Waals surface area contributed by atoms with Crippen LogP contribution in [0.25, 0.3) is 0 Å². The first kappa shape index (κ1) is 16.6. The fraction of sp³-hybridized carbons (Fsp3) is 0.562. The number of carbonyl (C=O) groups excluding carboxylic acids is 1. The molecule has 2 fully saturated rings. The number of ether oxygens (including phenoxy) is 1. The third-order valence-electron chi connectivity index (χ3n) is 4.84. The fourth-order valence-electron chi connectivity index (χ4n) is 3.82. The fourth-order valence-corrected chi connectivity index (χ4v) is 5.21. The Labute approximate surface area is 141 Å². The van der Waals surface area contributed by atoms with Crippen molar-refractivity contribution in [3.05, 3.63) is 35.9 Å². The zero-order chi connectivity index (χ0) is 16.4. The number of fused-ring (bicyclic) bond motifs is 2. The molecule has 1 aromatic rings. The molecule has 3 rings (SSSR count). The molecule has 1 saturated carbocycles. The lowest BCUT2D eigenvalue weighted by Gasteiger charge is -2.30. The smallest absolute Gasteiger partial charge is 0.410 e. The van der Waals surface area contributed by atoms with Crippen LogP contribution in [0.5, 0.6) is 0 Å². The van der Waals surface area contributed by atoms with Crippen LogP contribution in [0.2, 0.25) is 0 Å². The van der Waals surface area contributed by atoms with Crippen molar-refractivity contribution in [2.75, 3.05) is 12.3 Å². The number of halogens is 1. The molecule has 1 saturated heterocycles. The molecule has 1 heterocycles. The van der Waals surface area contributed by atoms with E-state index in [1.807, 2.05) is 30.3 Å². The lowest BCUT2D eigenvalue weighted by molar-refractivity contribution is 0.0876. The summed E-state index contributed by atoms with van der Waals surface area (Å²) >= 11 is 0. The van der Waals surface area contributed by atoms with Gasteiger partial charge in [-0.1, -0.05) is 36.8 Å². The summed E-state index contributed by atoms with van der Waals surface area (Å²) in [5.74, 6) is 0.0638. The summed E-state index contributed by atoms with van der Waals surface area (Å²) in [6.45, 7) is 0.793. The van der Waals surface area contributed by atoms with Gasteiger partial charge in [0, 0.05) is 23.3 Å². The molecule has 23 heavy (non-hydrogen) atoms. The molecule has 2 bridgehead atoms. The highest BCUT2D eigenvalue weighted by atomic mass is 35.7. The van der Waals surface area contributed by atoms with Crippen LogP contribution >= 0.6 is 10.7 Å². The average Bonchev–Trinajstić information content (AvgIpc) is 2.71. The van der Waals surface area contributed by atoms with Gasteiger partial charge in [-0.05, 0) is 30.2 Å². The van der Waals surface area contributed by atoms with Crippen LogP contribution in [-0.4, -0.2) is 37.8 Å². The van der Waals surface area contributed by atoms with E-state index in [1.165, 1.54) is 0 Å². The topological polar surface area (TPSA) is 63.7 Å². The first-order valence-corrected chi connectivity index (χ1v) is 10.3. The van der Waals surface area contributed by atoms with Gasteiger partial charge in [0.1, 0.15) is 6.61 Å². The molecule has 0 spiro atoms. The number of benzene rings is 1. The largest absolute Gasteiger partial charge is 0.445 e. The Kier molecular flexibility index (Phi) is 4.82. The quantitative estimate of drug-likeness (QED) is 0.777. The summed E-state index contributed by atoms with van der Waals surface area (Å²) in [5.41, 5.74) is 0.933. The van der Waals surface area contributed by atoms with Crippen molar-refractivity contribution in [1.29, 1.82) is 0 Å². The van der Waals surface area contributed by atoms with Gasteiger partial charge in [-0.2, -0.15) is 0 Å². The Morgan fingerprint density at radius 3 is 2.70 bits per heavy atom. The van der Waals surface area contributed by atoms with Crippen LogP contribution in [0, 0.1) is 11.8 Å². The van der Waals surface area contributed by atoms with Gasteiger partial charge in [0.05, 0.1) is 5.75 Å². The minimum Gasteiger partial charge on any atom is -0.445 e. The van der Waals surface area contributed by atoms with Crippen molar-refractivity contribution >= 4 is 25.8 Å². The third-order valence-corrected chi connectivity index (χ3v) is 6.00. The van der Waals surface area contributed by atoms with Gasteiger partial charge in [-0.25, -0.2) is 13.2 Å². The van der Waals surface area contributed by atoms with Crippen molar-refractivity contribution in [3.8, 4) is 0 Å². The Morgan fingerprint density at radius 1 is 1.26 bits per heavy atom. The van der Waals surface area contributed by atoms with Gasteiger partial charge in [0.15, 0.2) is 0 Å². The molecule has 3 unspecified atom stereocenters. The number of nitrogens with zero attached hydrogens (tertiary/aromatic N) is 1. The molecule has 0 aromatic heterocycles. The van der Waals surface area contributed by atoms with Crippen molar-refractivity contribution in [3.63, 3.8) is 0 Å². The first-order valence-electron chi connectivity index (χ1n) is 7.84. The standard InChI is InChI=1S/C16H20ClNO4S/c17-23(20,21)11-14-13-7-4-8-15(14)18(9-13)16(19)22-10-12-5-2-1-3-6-12/h1-3,5-6,13-15H,4,7-11H2. The van der Waals surface area contributed by atoms with E-state index in [0.717, 1.165) is 24.8 Å². The van der Waals surface area contributed by atoms with Gasteiger partial charge in [0.2, 0.25) is 9.05 Å². The normalized spacial score (nSPS) is 27.0. The van der Waals surface area contributed by atoms with Crippen molar-refractivity contribution < 1.29 is 17.9 Å². The second-order valence-corrected chi connectivity index (χ2v) is 9.14. The number of likely N-dealkylation sites (tertiary alicyclic amines) is 1. The van der Waals surface area contributed by atoms with E-state index in [2.05, 4.69) is 0 Å². The average molecular weight is 358 g/mol. The number of hydrogen-bond acceptors (Lipinski definition) is 4. The maximum atomic E-state index is 12.4. The predicted molar refractivity (Wildman–Crippen MR) is 87.6 cm³/mol. The van der Waals surface area contributed by atoms with E-state index < -0.39 is 9.05 Å². The highest BCUT2D eigenvalue weighted by molar-refractivity contribution is 8.13. The lowest BCUT2D eigenvalue weighted by Crippen LogP contribution is -2.40. The molecule has 1 aliphatic carbocycles. The molecular formula is C16H20ClNO4S. The van der Waals surface area contributed by atoms with Crippen molar-refractivity contribution in [2.45, 2.75) is 31.9 Å². The molecule has 7 heteroatoms. The Morgan fingerprint density at radius 2 is 2.00 bits per heavy atom. The van der Waals surface area contributed by atoms with Crippen molar-refractivity contribution in [1.82, 2.24) is 4.90 Å². The molecule has 126 valence electrons.